The Bertz CT molecular complexity index is 590. The van der Waals surface area contributed by atoms with Crippen LogP contribution in [0.2, 0.25) is 0 Å². The fourth-order valence-corrected chi connectivity index (χ4v) is 7.22. The van der Waals surface area contributed by atoms with Crippen molar-refractivity contribution in [3.63, 3.8) is 0 Å². The lowest BCUT2D eigenvalue weighted by molar-refractivity contribution is 1.74. The topological polar surface area (TPSA) is 0 Å². The van der Waals surface area contributed by atoms with Crippen molar-refractivity contribution in [2.45, 2.75) is 0 Å². The standard InChI is InChI=1S/C17H16PS/c1-18(17-13-8-14-19-17,15-9-4-2-5-10-15)16-11-6-3-7-12-16/h2-14H,1H3/q+1. The number of hydrogen-bond acceptors (Lipinski definition) is 1. The highest BCUT2D eigenvalue weighted by molar-refractivity contribution is 7.98. The van der Waals surface area contributed by atoms with Crippen molar-refractivity contribution in [2.75, 3.05) is 6.66 Å². The summed E-state index contributed by atoms with van der Waals surface area (Å²) in [6.45, 7) is 2.42. The average molecular weight is 283 g/mol. The van der Waals surface area contributed by atoms with Gasteiger partial charge in [-0.2, -0.15) is 0 Å². The molecule has 0 fully saturated rings. The smallest absolute Gasteiger partial charge is 0.107 e. The van der Waals surface area contributed by atoms with Gasteiger partial charge in [0.25, 0.3) is 0 Å². The van der Waals surface area contributed by atoms with Crippen LogP contribution >= 0.6 is 18.6 Å². The largest absolute Gasteiger partial charge is 0.156 e. The molecule has 0 saturated carbocycles. The van der Waals surface area contributed by atoms with E-state index < -0.39 is 7.26 Å². The molecule has 3 aromatic rings. The minimum atomic E-state index is -1.46. The summed E-state index contributed by atoms with van der Waals surface area (Å²) >= 11 is 1.87. The lowest BCUT2D eigenvalue weighted by Crippen LogP contribution is -2.28. The van der Waals surface area contributed by atoms with Crippen molar-refractivity contribution in [3.05, 3.63) is 78.2 Å². The molecule has 0 nitrogen and oxygen atoms in total. The maximum absolute atomic E-state index is 2.42. The predicted molar refractivity (Wildman–Crippen MR) is 88.9 cm³/mol. The number of hydrogen-bond donors (Lipinski definition) is 0. The van der Waals surface area contributed by atoms with Crippen molar-refractivity contribution in [2.24, 2.45) is 0 Å². The third-order valence-corrected chi connectivity index (χ3v) is 9.27. The molecule has 1 aromatic heterocycles. The van der Waals surface area contributed by atoms with E-state index in [9.17, 15) is 0 Å². The molecule has 0 aliphatic carbocycles. The molecule has 2 heteroatoms. The maximum Gasteiger partial charge on any atom is 0.156 e. The number of rotatable bonds is 3. The molecule has 0 unspecified atom stereocenters. The Kier molecular flexibility index (Phi) is 3.50. The summed E-state index contributed by atoms with van der Waals surface area (Å²) in [5.41, 5.74) is 0. The van der Waals surface area contributed by atoms with Gasteiger partial charge in [-0.1, -0.05) is 36.4 Å². The monoisotopic (exact) mass is 283 g/mol. The zero-order chi connectivity index (χ0) is 13.1. The Morgan fingerprint density at radius 3 is 1.63 bits per heavy atom. The second-order valence-electron chi connectivity index (χ2n) is 4.63. The van der Waals surface area contributed by atoms with Crippen molar-refractivity contribution in [1.82, 2.24) is 0 Å². The van der Waals surface area contributed by atoms with E-state index in [0.29, 0.717) is 0 Å². The average Bonchev–Trinajstić information content (AvgIpc) is 3.03. The highest BCUT2D eigenvalue weighted by Gasteiger charge is 2.40. The van der Waals surface area contributed by atoms with Crippen LogP contribution in [0.5, 0.6) is 0 Å². The van der Waals surface area contributed by atoms with Crippen molar-refractivity contribution < 1.29 is 0 Å². The van der Waals surface area contributed by atoms with Gasteiger partial charge in [0.1, 0.15) is 17.9 Å². The van der Waals surface area contributed by atoms with Crippen LogP contribution < -0.4 is 15.2 Å². The van der Waals surface area contributed by atoms with Crippen molar-refractivity contribution in [3.8, 4) is 0 Å². The van der Waals surface area contributed by atoms with E-state index in [0.717, 1.165) is 0 Å². The van der Waals surface area contributed by atoms with Crippen LogP contribution in [-0.4, -0.2) is 6.66 Å². The Balaban J connectivity index is 2.23. The molecule has 0 radical (unpaired) electrons. The normalized spacial score (nSPS) is 11.4. The Morgan fingerprint density at radius 2 is 1.21 bits per heavy atom. The van der Waals surface area contributed by atoms with E-state index in [1.807, 2.05) is 11.3 Å². The SMILES string of the molecule is C[P+](c1ccccc1)(c1ccccc1)c1cccs1. The lowest BCUT2D eigenvalue weighted by Gasteiger charge is -2.21. The predicted octanol–water partition coefficient (Wildman–Crippen LogP) is 3.67. The van der Waals surface area contributed by atoms with Crippen LogP contribution in [-0.2, 0) is 0 Å². The third-order valence-electron chi connectivity index (χ3n) is 3.49. The Morgan fingerprint density at radius 1 is 0.684 bits per heavy atom. The van der Waals surface area contributed by atoms with Crippen LogP contribution in [0.4, 0.5) is 0 Å². The van der Waals surface area contributed by atoms with E-state index in [4.69, 9.17) is 0 Å². The summed E-state index contributed by atoms with van der Waals surface area (Å²) in [6.07, 6.45) is 0. The first-order valence-electron chi connectivity index (χ1n) is 6.33. The molecular formula is C17H16PS+. The van der Waals surface area contributed by atoms with Gasteiger partial charge in [-0.05, 0) is 41.8 Å². The van der Waals surface area contributed by atoms with Crippen LogP contribution in [0.25, 0.3) is 0 Å². The van der Waals surface area contributed by atoms with E-state index in [1.54, 1.807) is 0 Å². The molecule has 3 rings (SSSR count). The summed E-state index contributed by atoms with van der Waals surface area (Å²) in [6, 6.07) is 26.2. The zero-order valence-corrected chi connectivity index (χ0v) is 12.6. The fraction of sp³-hybridized carbons (Fsp3) is 0.0588. The molecule has 19 heavy (non-hydrogen) atoms. The van der Waals surface area contributed by atoms with Gasteiger partial charge < -0.3 is 0 Å². The first-order valence-corrected chi connectivity index (χ1v) is 9.45. The third kappa shape index (κ3) is 2.25. The molecule has 1 heterocycles. The van der Waals surface area contributed by atoms with Gasteiger partial charge in [-0.25, -0.2) is 0 Å². The second kappa shape index (κ2) is 5.28. The zero-order valence-electron chi connectivity index (χ0n) is 10.9. The Hall–Kier alpha value is -1.43. The van der Waals surface area contributed by atoms with Crippen molar-refractivity contribution >= 4 is 33.8 Å². The van der Waals surface area contributed by atoms with Gasteiger partial charge in [0.2, 0.25) is 0 Å². The van der Waals surface area contributed by atoms with Gasteiger partial charge in [-0.15, -0.1) is 11.3 Å². The van der Waals surface area contributed by atoms with Gasteiger partial charge in [0.15, 0.2) is 4.62 Å². The minimum Gasteiger partial charge on any atom is -0.107 e. The van der Waals surface area contributed by atoms with Crippen LogP contribution in [0.15, 0.2) is 78.2 Å². The molecule has 2 aromatic carbocycles. The summed E-state index contributed by atoms with van der Waals surface area (Å²) < 4.78 is 1.49. The second-order valence-corrected chi connectivity index (χ2v) is 9.41. The van der Waals surface area contributed by atoms with Crippen LogP contribution in [0.3, 0.4) is 0 Å². The van der Waals surface area contributed by atoms with Gasteiger partial charge in [0, 0.05) is 0 Å². The molecule has 0 atom stereocenters. The molecule has 0 aliphatic rings. The quantitative estimate of drug-likeness (QED) is 0.643. The molecule has 0 amide bonds. The van der Waals surface area contributed by atoms with Gasteiger partial charge >= 0.3 is 0 Å². The van der Waals surface area contributed by atoms with Crippen LogP contribution in [0, 0.1) is 0 Å². The number of benzene rings is 2. The highest BCUT2D eigenvalue weighted by atomic mass is 32.1. The molecule has 0 saturated heterocycles. The molecule has 0 bridgehead atoms. The molecule has 0 spiro atoms. The lowest BCUT2D eigenvalue weighted by atomic mass is 10.4. The molecule has 94 valence electrons. The van der Waals surface area contributed by atoms with Crippen molar-refractivity contribution in [1.29, 1.82) is 0 Å². The minimum absolute atomic E-state index is 1.45. The number of thiophene rings is 1. The van der Waals surface area contributed by atoms with E-state index in [-0.39, 0.29) is 0 Å². The first-order chi connectivity index (χ1) is 9.32. The fourth-order valence-electron chi connectivity index (χ4n) is 2.38. The summed E-state index contributed by atoms with van der Waals surface area (Å²) in [5.74, 6) is 0. The summed E-state index contributed by atoms with van der Waals surface area (Å²) in [5, 5.41) is 5.08. The summed E-state index contributed by atoms with van der Waals surface area (Å²) in [4.78, 5) is 0. The van der Waals surface area contributed by atoms with E-state index in [2.05, 4.69) is 84.8 Å². The highest BCUT2D eigenvalue weighted by Crippen LogP contribution is 2.52. The maximum atomic E-state index is 2.42. The van der Waals surface area contributed by atoms with Gasteiger partial charge in [-0.3, -0.25) is 0 Å². The van der Waals surface area contributed by atoms with Crippen LogP contribution in [0.1, 0.15) is 0 Å². The van der Waals surface area contributed by atoms with Gasteiger partial charge in [0.05, 0.1) is 6.66 Å². The van der Waals surface area contributed by atoms with E-state index in [1.165, 1.54) is 15.2 Å². The first kappa shape index (κ1) is 12.6. The molecule has 0 aliphatic heterocycles. The Labute approximate surface area is 119 Å². The molecular weight excluding hydrogens is 267 g/mol. The van der Waals surface area contributed by atoms with E-state index >= 15 is 0 Å². The molecule has 0 N–H and O–H groups in total. The summed E-state index contributed by atoms with van der Waals surface area (Å²) in [7, 11) is -1.46.